The second-order valence-electron chi connectivity index (χ2n) is 2.95. The van der Waals surface area contributed by atoms with Crippen LogP contribution >= 0.6 is 0 Å². The van der Waals surface area contributed by atoms with Crippen molar-refractivity contribution in [3.8, 4) is 6.07 Å². The molecule has 2 N–H and O–H groups in total. The summed E-state index contributed by atoms with van der Waals surface area (Å²) in [5, 5.41) is 8.38. The Morgan fingerprint density at radius 1 is 1.46 bits per heavy atom. The molecule has 0 aromatic heterocycles. The number of halogens is 3. The van der Waals surface area contributed by atoms with E-state index in [0.29, 0.717) is 0 Å². The number of rotatable bonds is 4. The van der Waals surface area contributed by atoms with E-state index in [4.69, 9.17) is 11.0 Å². The summed E-state index contributed by atoms with van der Waals surface area (Å²) in [6, 6.07) is 1.71. The van der Waals surface area contributed by atoms with Crippen LogP contribution in [0.15, 0.2) is 0 Å². The fraction of sp³-hybridized carbons (Fsp3) is 0.857. The predicted molar refractivity (Wildman–Crippen MR) is 39.7 cm³/mol. The second kappa shape index (κ2) is 4.44. The van der Waals surface area contributed by atoms with Crippen LogP contribution in [0.2, 0.25) is 0 Å². The van der Waals surface area contributed by atoms with Crippen LogP contribution in [-0.4, -0.2) is 24.9 Å². The molecule has 0 aromatic carbocycles. The fourth-order valence-electron chi connectivity index (χ4n) is 0.504. The van der Waals surface area contributed by atoms with Crippen molar-refractivity contribution in [2.24, 2.45) is 5.73 Å². The van der Waals surface area contributed by atoms with Crippen molar-refractivity contribution in [2.45, 2.75) is 25.1 Å². The van der Waals surface area contributed by atoms with Crippen LogP contribution in [0.1, 0.15) is 13.3 Å². The van der Waals surface area contributed by atoms with Gasteiger partial charge in [0.1, 0.15) is 5.54 Å². The van der Waals surface area contributed by atoms with E-state index in [9.17, 15) is 13.2 Å². The molecule has 1 atom stereocenters. The number of nitrogens with two attached hydrogens (primary N) is 1. The summed E-state index contributed by atoms with van der Waals surface area (Å²) in [5.74, 6) is 0. The van der Waals surface area contributed by atoms with Crippen LogP contribution in [0.3, 0.4) is 0 Å². The van der Waals surface area contributed by atoms with Gasteiger partial charge in [0, 0.05) is 0 Å². The molecule has 3 nitrogen and oxygen atoms in total. The third-order valence-electron chi connectivity index (χ3n) is 1.19. The molecule has 0 amide bonds. The van der Waals surface area contributed by atoms with Crippen molar-refractivity contribution < 1.29 is 17.9 Å². The van der Waals surface area contributed by atoms with Crippen molar-refractivity contribution in [3.05, 3.63) is 0 Å². The minimum absolute atomic E-state index is 0.195. The van der Waals surface area contributed by atoms with Gasteiger partial charge >= 0.3 is 6.18 Å². The molecule has 0 bridgehead atoms. The van der Waals surface area contributed by atoms with E-state index in [2.05, 4.69) is 4.74 Å². The standard InChI is InChI=1S/C7H11F3N2O/c1-6(12,4-11)5-13-3-2-7(8,9)10/h2-3,5,12H2,1H3. The zero-order valence-corrected chi connectivity index (χ0v) is 7.19. The summed E-state index contributed by atoms with van der Waals surface area (Å²) >= 11 is 0. The maximum atomic E-state index is 11.6. The normalized spacial score (nSPS) is 16.3. The van der Waals surface area contributed by atoms with E-state index in [-0.39, 0.29) is 6.61 Å². The molecule has 0 heterocycles. The average molecular weight is 196 g/mol. The molecule has 0 aliphatic rings. The first-order chi connectivity index (χ1) is 5.77. The molecular weight excluding hydrogens is 185 g/mol. The van der Waals surface area contributed by atoms with E-state index in [1.54, 1.807) is 6.07 Å². The molecule has 0 saturated carbocycles. The minimum atomic E-state index is -4.22. The van der Waals surface area contributed by atoms with Crippen LogP contribution in [0, 0.1) is 11.3 Å². The van der Waals surface area contributed by atoms with Crippen molar-refractivity contribution in [3.63, 3.8) is 0 Å². The van der Waals surface area contributed by atoms with E-state index >= 15 is 0 Å². The quantitative estimate of drug-likeness (QED) is 0.687. The fourth-order valence-corrected chi connectivity index (χ4v) is 0.504. The Morgan fingerprint density at radius 3 is 2.38 bits per heavy atom. The lowest BCUT2D eigenvalue weighted by atomic mass is 10.1. The number of alkyl halides is 3. The van der Waals surface area contributed by atoms with Crippen LogP contribution < -0.4 is 5.73 Å². The van der Waals surface area contributed by atoms with Crippen molar-refractivity contribution in [1.82, 2.24) is 0 Å². The Morgan fingerprint density at radius 2 is 2.00 bits per heavy atom. The molecule has 0 aliphatic carbocycles. The Bertz CT molecular complexity index is 195. The van der Waals surface area contributed by atoms with Gasteiger partial charge in [-0.1, -0.05) is 0 Å². The van der Waals surface area contributed by atoms with Crippen molar-refractivity contribution >= 4 is 0 Å². The SMILES string of the molecule is CC(N)(C#N)COCCC(F)(F)F. The number of nitrogens with zero attached hydrogens (tertiary/aromatic N) is 1. The van der Waals surface area contributed by atoms with Gasteiger partial charge in [-0.05, 0) is 6.92 Å². The molecule has 0 fully saturated rings. The monoisotopic (exact) mass is 196 g/mol. The first-order valence-corrected chi connectivity index (χ1v) is 3.61. The maximum absolute atomic E-state index is 11.6. The first-order valence-electron chi connectivity index (χ1n) is 3.61. The Kier molecular flexibility index (Phi) is 4.17. The van der Waals surface area contributed by atoms with Gasteiger partial charge in [-0.2, -0.15) is 18.4 Å². The third-order valence-corrected chi connectivity index (χ3v) is 1.19. The van der Waals surface area contributed by atoms with Crippen LogP contribution in [-0.2, 0) is 4.74 Å². The third kappa shape index (κ3) is 7.56. The average Bonchev–Trinajstić information content (AvgIpc) is 1.97. The first kappa shape index (κ1) is 12.2. The Balaban J connectivity index is 3.54. The lowest BCUT2D eigenvalue weighted by Crippen LogP contribution is -2.39. The molecule has 0 radical (unpaired) electrons. The maximum Gasteiger partial charge on any atom is 0.391 e. The van der Waals surface area contributed by atoms with E-state index in [0.717, 1.165) is 0 Å². The van der Waals surface area contributed by atoms with Gasteiger partial charge in [0.2, 0.25) is 0 Å². The van der Waals surface area contributed by atoms with Gasteiger partial charge in [0.05, 0.1) is 25.7 Å². The highest BCUT2D eigenvalue weighted by Crippen LogP contribution is 2.19. The molecule has 13 heavy (non-hydrogen) atoms. The molecule has 0 rings (SSSR count). The highest BCUT2D eigenvalue weighted by molar-refractivity contribution is 5.00. The topological polar surface area (TPSA) is 59.0 Å². The second-order valence-corrected chi connectivity index (χ2v) is 2.95. The zero-order chi connectivity index (χ0) is 10.5. The summed E-state index contributed by atoms with van der Waals surface area (Å²) in [6.07, 6.45) is -5.24. The summed E-state index contributed by atoms with van der Waals surface area (Å²) in [7, 11) is 0. The van der Waals surface area contributed by atoms with E-state index < -0.39 is 24.7 Å². The van der Waals surface area contributed by atoms with Crippen LogP contribution in [0.5, 0.6) is 0 Å². The highest BCUT2D eigenvalue weighted by atomic mass is 19.4. The number of nitriles is 1. The molecule has 0 aromatic rings. The lowest BCUT2D eigenvalue weighted by Gasteiger charge is -2.15. The smallest absolute Gasteiger partial charge is 0.378 e. The number of hydrogen-bond acceptors (Lipinski definition) is 3. The number of hydrogen-bond donors (Lipinski definition) is 1. The highest BCUT2D eigenvalue weighted by Gasteiger charge is 2.27. The lowest BCUT2D eigenvalue weighted by molar-refractivity contribution is -0.145. The van der Waals surface area contributed by atoms with Gasteiger partial charge in [0.15, 0.2) is 0 Å². The van der Waals surface area contributed by atoms with Gasteiger partial charge in [0.25, 0.3) is 0 Å². The molecule has 0 saturated heterocycles. The zero-order valence-electron chi connectivity index (χ0n) is 7.19. The van der Waals surface area contributed by atoms with Gasteiger partial charge in [-0.25, -0.2) is 0 Å². The minimum Gasteiger partial charge on any atom is -0.378 e. The molecule has 6 heteroatoms. The number of ether oxygens (including phenoxy) is 1. The summed E-state index contributed by atoms with van der Waals surface area (Å²) in [6.45, 7) is 0.734. The summed E-state index contributed by atoms with van der Waals surface area (Å²) in [5.41, 5.74) is 4.08. The Labute approximate surface area is 74.3 Å². The molecule has 1 unspecified atom stereocenters. The van der Waals surface area contributed by atoms with Crippen molar-refractivity contribution in [2.75, 3.05) is 13.2 Å². The van der Waals surface area contributed by atoms with Crippen LogP contribution in [0.25, 0.3) is 0 Å². The van der Waals surface area contributed by atoms with Crippen LogP contribution in [0.4, 0.5) is 13.2 Å². The van der Waals surface area contributed by atoms with Gasteiger partial charge in [-0.3, -0.25) is 0 Å². The van der Waals surface area contributed by atoms with E-state index in [1.165, 1.54) is 6.92 Å². The van der Waals surface area contributed by atoms with Gasteiger partial charge < -0.3 is 10.5 Å². The van der Waals surface area contributed by atoms with Gasteiger partial charge in [-0.15, -0.1) is 0 Å². The Hall–Kier alpha value is -0.800. The predicted octanol–water partition coefficient (Wildman–Crippen LogP) is 1.20. The largest absolute Gasteiger partial charge is 0.391 e. The van der Waals surface area contributed by atoms with Crippen molar-refractivity contribution in [1.29, 1.82) is 5.26 Å². The molecular formula is C7H11F3N2O. The molecule has 76 valence electrons. The summed E-state index contributed by atoms with van der Waals surface area (Å²) in [4.78, 5) is 0. The van der Waals surface area contributed by atoms with E-state index in [1.807, 2.05) is 0 Å². The molecule has 0 aliphatic heterocycles. The molecule has 0 spiro atoms. The summed E-state index contributed by atoms with van der Waals surface area (Å²) < 4.78 is 39.3.